The van der Waals surface area contributed by atoms with Crippen LogP contribution in [0.3, 0.4) is 0 Å². The van der Waals surface area contributed by atoms with Crippen LogP contribution in [0.25, 0.3) is 0 Å². The number of nitrogens with zero attached hydrogens (tertiary/aromatic N) is 3. The zero-order valence-corrected chi connectivity index (χ0v) is 16.4. The molecule has 6 nitrogen and oxygen atoms in total. The zero-order chi connectivity index (χ0) is 20.3. The van der Waals surface area contributed by atoms with Gasteiger partial charge in [0.15, 0.2) is 0 Å². The van der Waals surface area contributed by atoms with E-state index in [1.165, 1.54) is 4.90 Å². The molecule has 1 atom stereocenters. The highest BCUT2D eigenvalue weighted by molar-refractivity contribution is 5.90. The van der Waals surface area contributed by atoms with Gasteiger partial charge in [0.05, 0.1) is 6.54 Å². The van der Waals surface area contributed by atoms with Gasteiger partial charge in [0.1, 0.15) is 0 Å². The molecule has 0 spiro atoms. The minimum absolute atomic E-state index is 0.216. The molecular formula is C19H28F3N5O. The molecule has 1 aromatic rings. The average Bonchev–Trinajstić information content (AvgIpc) is 2.99. The summed E-state index contributed by atoms with van der Waals surface area (Å²) in [5.74, 6) is 0. The molecule has 156 valence electrons. The number of carbonyl (C=O) groups is 1. The molecule has 2 N–H and O–H groups in total. The van der Waals surface area contributed by atoms with Gasteiger partial charge in [-0.1, -0.05) is 0 Å². The number of likely N-dealkylation sites (N-methyl/N-ethyl adjacent to an activating group) is 1. The highest BCUT2D eigenvalue weighted by Gasteiger charge is 2.34. The SMILES string of the molecule is Cc1cc(NC(=O)NC2CCN(CC(F)(F)F)C2)cc(N2CCN(C)CC2)c1. The number of likely N-dealkylation sites (tertiary alicyclic amines) is 1. The van der Waals surface area contributed by atoms with Crippen molar-refractivity contribution in [3.05, 3.63) is 23.8 Å². The van der Waals surface area contributed by atoms with Crippen molar-refractivity contribution in [3.63, 3.8) is 0 Å². The Morgan fingerprint density at radius 2 is 1.86 bits per heavy atom. The molecule has 2 fully saturated rings. The summed E-state index contributed by atoms with van der Waals surface area (Å²) in [6.45, 7) is 5.45. The summed E-state index contributed by atoms with van der Waals surface area (Å²) in [4.78, 5) is 18.2. The predicted molar refractivity (Wildman–Crippen MR) is 104 cm³/mol. The van der Waals surface area contributed by atoms with Crippen molar-refractivity contribution in [1.29, 1.82) is 0 Å². The maximum atomic E-state index is 12.5. The molecule has 2 aliphatic rings. The molecule has 2 amide bonds. The van der Waals surface area contributed by atoms with Gasteiger partial charge in [-0.15, -0.1) is 0 Å². The first-order chi connectivity index (χ1) is 13.2. The van der Waals surface area contributed by atoms with E-state index < -0.39 is 12.7 Å². The first kappa shape index (κ1) is 20.7. The number of rotatable bonds is 4. The Balaban J connectivity index is 1.54. The second-order valence-corrected chi connectivity index (χ2v) is 7.78. The minimum atomic E-state index is -4.21. The van der Waals surface area contributed by atoms with Crippen molar-refractivity contribution in [2.75, 3.05) is 63.1 Å². The Morgan fingerprint density at radius 3 is 2.54 bits per heavy atom. The number of hydrogen-bond acceptors (Lipinski definition) is 4. The number of nitrogens with one attached hydrogen (secondary N) is 2. The summed E-state index contributed by atoms with van der Waals surface area (Å²) in [5.41, 5.74) is 2.81. The summed E-state index contributed by atoms with van der Waals surface area (Å²) >= 11 is 0. The first-order valence-corrected chi connectivity index (χ1v) is 9.60. The summed E-state index contributed by atoms with van der Waals surface area (Å²) in [6.07, 6.45) is -3.69. The van der Waals surface area contributed by atoms with Crippen LogP contribution >= 0.6 is 0 Å². The Morgan fingerprint density at radius 1 is 1.14 bits per heavy atom. The van der Waals surface area contributed by atoms with E-state index in [-0.39, 0.29) is 18.6 Å². The normalized spacial score (nSPS) is 21.8. The molecule has 0 bridgehead atoms. The first-order valence-electron chi connectivity index (χ1n) is 9.60. The Kier molecular flexibility index (Phi) is 6.34. The number of halogens is 3. The number of piperazine rings is 1. The number of carbonyl (C=O) groups excluding carboxylic acids is 1. The Labute approximate surface area is 163 Å². The molecule has 0 radical (unpaired) electrons. The van der Waals surface area contributed by atoms with E-state index in [1.807, 2.05) is 19.1 Å². The number of urea groups is 1. The monoisotopic (exact) mass is 399 g/mol. The lowest BCUT2D eigenvalue weighted by Crippen LogP contribution is -2.44. The van der Waals surface area contributed by atoms with Crippen molar-refractivity contribution >= 4 is 17.4 Å². The van der Waals surface area contributed by atoms with Gasteiger partial charge in [0.25, 0.3) is 0 Å². The fraction of sp³-hybridized carbons (Fsp3) is 0.632. The fourth-order valence-corrected chi connectivity index (χ4v) is 3.78. The van der Waals surface area contributed by atoms with Crippen LogP contribution in [0.1, 0.15) is 12.0 Å². The highest BCUT2D eigenvalue weighted by atomic mass is 19.4. The predicted octanol–water partition coefficient (Wildman–Crippen LogP) is 2.50. The third kappa shape index (κ3) is 6.00. The third-order valence-electron chi connectivity index (χ3n) is 5.20. The standard InChI is InChI=1S/C19H28F3N5O/c1-14-9-16(11-17(10-14)27-7-5-25(2)6-8-27)24-18(28)23-15-3-4-26(12-15)13-19(20,21)22/h9-11,15H,3-8,12-13H2,1-2H3,(H2,23,24,28). The van der Waals surface area contributed by atoms with Gasteiger partial charge in [0.2, 0.25) is 0 Å². The molecule has 28 heavy (non-hydrogen) atoms. The molecule has 1 aromatic carbocycles. The summed E-state index contributed by atoms with van der Waals surface area (Å²) in [7, 11) is 2.10. The number of hydrogen-bond donors (Lipinski definition) is 2. The van der Waals surface area contributed by atoms with Crippen LogP contribution in [-0.2, 0) is 0 Å². The molecule has 2 aliphatic heterocycles. The highest BCUT2D eigenvalue weighted by Crippen LogP contribution is 2.24. The van der Waals surface area contributed by atoms with Gasteiger partial charge in [-0.05, 0) is 44.2 Å². The molecule has 9 heteroatoms. The number of alkyl halides is 3. The van der Waals surface area contributed by atoms with Crippen molar-refractivity contribution < 1.29 is 18.0 Å². The lowest BCUT2D eigenvalue weighted by Gasteiger charge is -2.34. The van der Waals surface area contributed by atoms with Crippen molar-refractivity contribution in [2.45, 2.75) is 25.6 Å². The quantitative estimate of drug-likeness (QED) is 0.817. The second-order valence-electron chi connectivity index (χ2n) is 7.78. The molecule has 2 saturated heterocycles. The maximum absolute atomic E-state index is 12.5. The number of benzene rings is 1. The molecular weight excluding hydrogens is 371 g/mol. The second kappa shape index (κ2) is 8.57. The summed E-state index contributed by atoms with van der Waals surface area (Å²) in [6, 6.07) is 5.28. The average molecular weight is 399 g/mol. The number of anilines is 2. The molecule has 2 heterocycles. The van der Waals surface area contributed by atoms with Crippen LogP contribution in [0, 0.1) is 6.92 Å². The summed E-state index contributed by atoms with van der Waals surface area (Å²) < 4.78 is 37.5. The van der Waals surface area contributed by atoms with Gasteiger partial charge in [-0.2, -0.15) is 13.2 Å². The Bertz CT molecular complexity index is 689. The van der Waals surface area contributed by atoms with E-state index in [4.69, 9.17) is 0 Å². The van der Waals surface area contributed by atoms with Crippen LogP contribution in [0.15, 0.2) is 18.2 Å². The largest absolute Gasteiger partial charge is 0.401 e. The summed E-state index contributed by atoms with van der Waals surface area (Å²) in [5, 5.41) is 5.62. The van der Waals surface area contributed by atoms with Gasteiger partial charge >= 0.3 is 12.2 Å². The molecule has 0 aromatic heterocycles. The molecule has 3 rings (SSSR count). The van der Waals surface area contributed by atoms with Crippen molar-refractivity contribution in [3.8, 4) is 0 Å². The van der Waals surface area contributed by atoms with Gasteiger partial charge in [-0.3, -0.25) is 4.90 Å². The fourth-order valence-electron chi connectivity index (χ4n) is 3.78. The van der Waals surface area contributed by atoms with E-state index in [9.17, 15) is 18.0 Å². The van der Waals surface area contributed by atoms with Crippen molar-refractivity contribution in [2.24, 2.45) is 0 Å². The minimum Gasteiger partial charge on any atom is -0.369 e. The third-order valence-corrected chi connectivity index (χ3v) is 5.20. The van der Waals surface area contributed by atoms with Crippen LogP contribution in [0.2, 0.25) is 0 Å². The van der Waals surface area contributed by atoms with Crippen LogP contribution in [0.5, 0.6) is 0 Å². The molecule has 0 saturated carbocycles. The van der Waals surface area contributed by atoms with E-state index in [0.29, 0.717) is 18.7 Å². The Hall–Kier alpha value is -2.00. The van der Waals surface area contributed by atoms with E-state index >= 15 is 0 Å². The van der Waals surface area contributed by atoms with E-state index in [2.05, 4.69) is 33.5 Å². The molecule has 1 unspecified atom stereocenters. The number of amides is 2. The van der Waals surface area contributed by atoms with Gasteiger partial charge < -0.3 is 20.4 Å². The van der Waals surface area contributed by atoms with E-state index in [0.717, 1.165) is 37.4 Å². The van der Waals surface area contributed by atoms with Gasteiger partial charge in [0, 0.05) is 56.7 Å². The van der Waals surface area contributed by atoms with Crippen LogP contribution < -0.4 is 15.5 Å². The smallest absolute Gasteiger partial charge is 0.369 e. The van der Waals surface area contributed by atoms with Crippen LogP contribution in [0.4, 0.5) is 29.3 Å². The van der Waals surface area contributed by atoms with Crippen LogP contribution in [-0.4, -0.2) is 80.9 Å². The lowest BCUT2D eigenvalue weighted by molar-refractivity contribution is -0.143. The van der Waals surface area contributed by atoms with Gasteiger partial charge in [-0.25, -0.2) is 4.79 Å². The molecule has 0 aliphatic carbocycles. The zero-order valence-electron chi connectivity index (χ0n) is 16.4. The maximum Gasteiger partial charge on any atom is 0.401 e. The van der Waals surface area contributed by atoms with E-state index in [1.54, 1.807) is 0 Å². The lowest BCUT2D eigenvalue weighted by atomic mass is 10.1. The number of aryl methyl sites for hydroxylation is 1. The topological polar surface area (TPSA) is 50.9 Å². The van der Waals surface area contributed by atoms with Crippen molar-refractivity contribution in [1.82, 2.24) is 15.1 Å².